The van der Waals surface area contributed by atoms with Crippen LogP contribution in [-0.4, -0.2) is 23.1 Å². The third-order valence-electron chi connectivity index (χ3n) is 1.88. The van der Waals surface area contributed by atoms with E-state index < -0.39 is 0 Å². The zero-order valence-corrected chi connectivity index (χ0v) is 10.7. The Morgan fingerprint density at radius 3 is 2.35 bits per heavy atom. The number of pyridine rings is 1. The predicted octanol–water partition coefficient (Wildman–Crippen LogP) is 2.43. The molecular formula is C12H20N4O. The van der Waals surface area contributed by atoms with Crippen LogP contribution in [0.25, 0.3) is 0 Å². The second kappa shape index (κ2) is 6.08. The summed E-state index contributed by atoms with van der Waals surface area (Å²) in [6, 6.07) is 3.89. The lowest BCUT2D eigenvalue weighted by Gasteiger charge is -2.11. The van der Waals surface area contributed by atoms with Crippen LogP contribution in [0.5, 0.6) is 0 Å². The van der Waals surface area contributed by atoms with Crippen LogP contribution in [0, 0.1) is 0 Å². The molecule has 3 N–H and O–H groups in total. The first-order valence-corrected chi connectivity index (χ1v) is 5.77. The Hall–Kier alpha value is -1.78. The van der Waals surface area contributed by atoms with Gasteiger partial charge in [0.15, 0.2) is 0 Å². The molecular weight excluding hydrogens is 216 g/mol. The number of hydrogen-bond acceptors (Lipinski definition) is 3. The molecule has 5 heteroatoms. The maximum absolute atomic E-state index is 11.4. The number of rotatable bonds is 4. The highest BCUT2D eigenvalue weighted by atomic mass is 16.2. The minimum Gasteiger partial charge on any atom is -0.368 e. The van der Waals surface area contributed by atoms with E-state index in [0.29, 0.717) is 11.7 Å². The smallest absolute Gasteiger partial charge is 0.319 e. The summed E-state index contributed by atoms with van der Waals surface area (Å²) in [6.07, 6.45) is 1.63. The maximum atomic E-state index is 11.4. The van der Waals surface area contributed by atoms with Gasteiger partial charge in [0.25, 0.3) is 0 Å². The largest absolute Gasteiger partial charge is 0.368 e. The second-order valence-electron chi connectivity index (χ2n) is 4.48. The van der Waals surface area contributed by atoms with Crippen molar-refractivity contribution in [3.8, 4) is 0 Å². The van der Waals surface area contributed by atoms with Crippen LogP contribution >= 0.6 is 0 Å². The molecule has 94 valence electrons. The second-order valence-corrected chi connectivity index (χ2v) is 4.48. The van der Waals surface area contributed by atoms with Crippen LogP contribution in [0.15, 0.2) is 18.3 Å². The van der Waals surface area contributed by atoms with Gasteiger partial charge in [0, 0.05) is 12.1 Å². The van der Waals surface area contributed by atoms with E-state index >= 15 is 0 Å². The third-order valence-corrected chi connectivity index (χ3v) is 1.88. The number of nitrogens with zero attached hydrogens (tertiary/aromatic N) is 1. The standard InChI is InChI=1S/C12H20N4O/c1-8(2)14-11-6-5-10(7-13-11)16-12(17)15-9(3)4/h5-9H,1-4H3,(H,13,14)(H2,15,16,17). The number of nitrogens with one attached hydrogen (secondary N) is 3. The summed E-state index contributed by atoms with van der Waals surface area (Å²) >= 11 is 0. The van der Waals surface area contributed by atoms with E-state index in [1.165, 1.54) is 0 Å². The normalized spacial score (nSPS) is 10.5. The average molecular weight is 236 g/mol. The van der Waals surface area contributed by atoms with Crippen molar-refractivity contribution in [1.82, 2.24) is 10.3 Å². The van der Waals surface area contributed by atoms with Crippen LogP contribution in [0.2, 0.25) is 0 Å². The molecule has 5 nitrogen and oxygen atoms in total. The van der Waals surface area contributed by atoms with Gasteiger partial charge >= 0.3 is 6.03 Å². The van der Waals surface area contributed by atoms with Crippen molar-refractivity contribution < 1.29 is 4.79 Å². The molecule has 1 heterocycles. The summed E-state index contributed by atoms with van der Waals surface area (Å²) in [7, 11) is 0. The highest BCUT2D eigenvalue weighted by Gasteiger charge is 2.03. The molecule has 17 heavy (non-hydrogen) atoms. The lowest BCUT2D eigenvalue weighted by atomic mass is 10.3. The Labute approximate surface area is 102 Å². The van der Waals surface area contributed by atoms with E-state index in [9.17, 15) is 4.79 Å². The molecule has 0 fully saturated rings. The van der Waals surface area contributed by atoms with E-state index in [2.05, 4.69) is 20.9 Å². The zero-order chi connectivity index (χ0) is 12.8. The monoisotopic (exact) mass is 236 g/mol. The van der Waals surface area contributed by atoms with Gasteiger partial charge in [-0.1, -0.05) is 0 Å². The highest BCUT2D eigenvalue weighted by Crippen LogP contribution is 2.10. The van der Waals surface area contributed by atoms with Crippen LogP contribution in [0.4, 0.5) is 16.3 Å². The lowest BCUT2D eigenvalue weighted by Crippen LogP contribution is -2.34. The summed E-state index contributed by atoms with van der Waals surface area (Å²) in [5.74, 6) is 0.801. The topological polar surface area (TPSA) is 66.1 Å². The molecule has 0 unspecified atom stereocenters. The Morgan fingerprint density at radius 2 is 1.88 bits per heavy atom. The number of urea groups is 1. The third kappa shape index (κ3) is 5.19. The van der Waals surface area contributed by atoms with E-state index in [1.807, 2.05) is 39.8 Å². The molecule has 1 aromatic rings. The number of amides is 2. The molecule has 0 saturated heterocycles. The molecule has 0 atom stereocenters. The quantitative estimate of drug-likeness (QED) is 0.752. The summed E-state index contributed by atoms with van der Waals surface area (Å²) in [5.41, 5.74) is 0.678. The molecule has 0 aliphatic carbocycles. The first kappa shape index (κ1) is 13.3. The molecule has 0 spiro atoms. The fourth-order valence-corrected chi connectivity index (χ4v) is 1.28. The van der Waals surface area contributed by atoms with Crippen LogP contribution in [-0.2, 0) is 0 Å². The van der Waals surface area contributed by atoms with E-state index in [0.717, 1.165) is 5.82 Å². The number of anilines is 2. The zero-order valence-electron chi connectivity index (χ0n) is 10.7. The molecule has 1 rings (SSSR count). The summed E-state index contributed by atoms with van der Waals surface area (Å²) in [6.45, 7) is 7.91. The van der Waals surface area contributed by atoms with Crippen LogP contribution < -0.4 is 16.0 Å². The van der Waals surface area contributed by atoms with Crippen LogP contribution in [0.3, 0.4) is 0 Å². The van der Waals surface area contributed by atoms with Gasteiger partial charge in [0.1, 0.15) is 5.82 Å². The van der Waals surface area contributed by atoms with E-state index in [4.69, 9.17) is 0 Å². The van der Waals surface area contributed by atoms with Gasteiger partial charge in [0.2, 0.25) is 0 Å². The molecule has 0 aliphatic heterocycles. The number of hydrogen-bond donors (Lipinski definition) is 3. The van der Waals surface area contributed by atoms with Crippen molar-refractivity contribution in [1.29, 1.82) is 0 Å². The fraction of sp³-hybridized carbons (Fsp3) is 0.500. The van der Waals surface area contributed by atoms with Crippen molar-refractivity contribution in [2.24, 2.45) is 0 Å². The number of carbonyl (C=O) groups is 1. The summed E-state index contributed by atoms with van der Waals surface area (Å²) < 4.78 is 0. The van der Waals surface area contributed by atoms with Crippen molar-refractivity contribution >= 4 is 17.5 Å². The Kier molecular flexibility index (Phi) is 4.75. The van der Waals surface area contributed by atoms with E-state index in [1.54, 1.807) is 6.20 Å². The Bertz CT molecular complexity index is 359. The summed E-state index contributed by atoms with van der Waals surface area (Å²) in [5, 5.41) is 8.64. The van der Waals surface area contributed by atoms with Gasteiger partial charge in [-0.05, 0) is 39.8 Å². The maximum Gasteiger partial charge on any atom is 0.319 e. The molecule has 0 radical (unpaired) electrons. The van der Waals surface area contributed by atoms with Crippen molar-refractivity contribution in [2.75, 3.05) is 10.6 Å². The molecule has 2 amide bonds. The molecule has 0 aliphatic rings. The SMILES string of the molecule is CC(C)NC(=O)Nc1ccc(NC(C)C)nc1. The van der Waals surface area contributed by atoms with Gasteiger partial charge in [-0.2, -0.15) is 0 Å². The first-order valence-electron chi connectivity index (χ1n) is 5.77. The fourth-order valence-electron chi connectivity index (χ4n) is 1.28. The lowest BCUT2D eigenvalue weighted by molar-refractivity contribution is 0.250. The minimum absolute atomic E-state index is 0.116. The van der Waals surface area contributed by atoms with Crippen molar-refractivity contribution in [2.45, 2.75) is 39.8 Å². The van der Waals surface area contributed by atoms with E-state index in [-0.39, 0.29) is 12.1 Å². The van der Waals surface area contributed by atoms with Crippen LogP contribution in [0.1, 0.15) is 27.7 Å². The van der Waals surface area contributed by atoms with Gasteiger partial charge in [-0.3, -0.25) is 0 Å². The molecule has 0 bridgehead atoms. The van der Waals surface area contributed by atoms with Gasteiger partial charge < -0.3 is 16.0 Å². The van der Waals surface area contributed by atoms with Crippen molar-refractivity contribution in [3.05, 3.63) is 18.3 Å². The average Bonchev–Trinajstić information content (AvgIpc) is 2.18. The van der Waals surface area contributed by atoms with Crippen molar-refractivity contribution in [3.63, 3.8) is 0 Å². The predicted molar refractivity (Wildman–Crippen MR) is 70.3 cm³/mol. The Morgan fingerprint density at radius 1 is 1.18 bits per heavy atom. The highest BCUT2D eigenvalue weighted by molar-refractivity contribution is 5.89. The Balaban J connectivity index is 2.53. The summed E-state index contributed by atoms with van der Waals surface area (Å²) in [4.78, 5) is 15.6. The molecule has 0 saturated carbocycles. The van der Waals surface area contributed by atoms with Gasteiger partial charge in [0.05, 0.1) is 11.9 Å². The number of aromatic nitrogens is 1. The van der Waals surface area contributed by atoms with Gasteiger partial charge in [-0.25, -0.2) is 9.78 Å². The molecule has 1 aromatic heterocycles. The first-order chi connectivity index (χ1) is 7.97. The number of carbonyl (C=O) groups excluding carboxylic acids is 1. The molecule has 0 aromatic carbocycles. The minimum atomic E-state index is -0.216. The van der Waals surface area contributed by atoms with Gasteiger partial charge in [-0.15, -0.1) is 0 Å².